The van der Waals surface area contributed by atoms with E-state index in [9.17, 15) is 0 Å². The molecule has 3 heterocycles. The van der Waals surface area contributed by atoms with Gasteiger partial charge in [0.15, 0.2) is 5.65 Å². The molecule has 4 rings (SSSR count). The minimum atomic E-state index is 0.385. The Balaban J connectivity index is 1.51. The summed E-state index contributed by atoms with van der Waals surface area (Å²) in [7, 11) is 0. The second kappa shape index (κ2) is 9.47. The molecule has 2 aromatic heterocycles. The predicted octanol–water partition coefficient (Wildman–Crippen LogP) is 6.37. The SMILES string of the molecule is CC(C)(C)CCN1CCCC(CNc2cc(-c3ccccc3Cl)nc3c(Br)cnn23)C1. The number of fused-ring (bicyclic) bond motifs is 1. The highest BCUT2D eigenvalue weighted by Gasteiger charge is 2.22. The number of nitrogens with zero attached hydrogens (tertiary/aromatic N) is 4. The zero-order chi connectivity index (χ0) is 22.0. The Morgan fingerprint density at radius 2 is 2.06 bits per heavy atom. The average molecular weight is 505 g/mol. The summed E-state index contributed by atoms with van der Waals surface area (Å²) in [4.78, 5) is 7.43. The smallest absolute Gasteiger partial charge is 0.172 e. The van der Waals surface area contributed by atoms with Gasteiger partial charge in [-0.3, -0.25) is 0 Å². The van der Waals surface area contributed by atoms with Crippen LogP contribution < -0.4 is 5.32 Å². The van der Waals surface area contributed by atoms with Crippen molar-refractivity contribution in [2.75, 3.05) is 31.5 Å². The van der Waals surface area contributed by atoms with Crippen LogP contribution in [0.2, 0.25) is 5.02 Å². The third kappa shape index (κ3) is 5.60. The van der Waals surface area contributed by atoms with Crippen LogP contribution in [0, 0.1) is 11.3 Å². The Labute approximate surface area is 198 Å². The summed E-state index contributed by atoms with van der Waals surface area (Å²) in [6.07, 6.45) is 5.55. The number of likely N-dealkylation sites (tertiary alicyclic amines) is 1. The maximum absolute atomic E-state index is 6.45. The number of nitrogens with one attached hydrogen (secondary N) is 1. The molecule has 3 aromatic rings. The molecule has 1 atom stereocenters. The number of piperidine rings is 1. The molecule has 0 aliphatic carbocycles. The highest BCUT2D eigenvalue weighted by molar-refractivity contribution is 9.10. The van der Waals surface area contributed by atoms with Crippen molar-refractivity contribution in [3.8, 4) is 11.3 Å². The fourth-order valence-corrected chi connectivity index (χ4v) is 4.71. The van der Waals surface area contributed by atoms with Crippen LogP contribution in [0.15, 0.2) is 41.0 Å². The van der Waals surface area contributed by atoms with E-state index in [1.165, 1.54) is 32.4 Å². The van der Waals surface area contributed by atoms with Gasteiger partial charge in [0.1, 0.15) is 5.82 Å². The minimum Gasteiger partial charge on any atom is -0.370 e. The minimum absolute atomic E-state index is 0.385. The summed E-state index contributed by atoms with van der Waals surface area (Å²) in [5.41, 5.74) is 2.94. The molecular weight excluding hydrogens is 474 g/mol. The largest absolute Gasteiger partial charge is 0.370 e. The second-order valence-electron chi connectivity index (χ2n) is 9.73. The van der Waals surface area contributed by atoms with Crippen LogP contribution in [0.25, 0.3) is 16.9 Å². The lowest BCUT2D eigenvalue weighted by Crippen LogP contribution is -2.39. The molecule has 7 heteroatoms. The first-order valence-electron chi connectivity index (χ1n) is 11.1. The first kappa shape index (κ1) is 22.6. The van der Waals surface area contributed by atoms with Crippen molar-refractivity contribution in [3.05, 3.63) is 46.0 Å². The quantitative estimate of drug-likeness (QED) is 0.423. The molecule has 1 N–H and O–H groups in total. The molecule has 0 bridgehead atoms. The van der Waals surface area contributed by atoms with Gasteiger partial charge in [0.2, 0.25) is 0 Å². The van der Waals surface area contributed by atoms with Crippen LogP contribution in [-0.4, -0.2) is 45.7 Å². The van der Waals surface area contributed by atoms with Gasteiger partial charge in [-0.05, 0) is 65.7 Å². The molecule has 1 unspecified atom stereocenters. The van der Waals surface area contributed by atoms with Crippen LogP contribution in [0.1, 0.15) is 40.0 Å². The lowest BCUT2D eigenvalue weighted by Gasteiger charge is -2.34. The van der Waals surface area contributed by atoms with Gasteiger partial charge in [-0.1, -0.05) is 50.6 Å². The molecule has 1 aliphatic heterocycles. The zero-order valence-corrected chi connectivity index (χ0v) is 20.9. The summed E-state index contributed by atoms with van der Waals surface area (Å²) >= 11 is 10.0. The van der Waals surface area contributed by atoms with Crippen molar-refractivity contribution in [2.45, 2.75) is 40.0 Å². The van der Waals surface area contributed by atoms with E-state index in [0.717, 1.165) is 40.3 Å². The van der Waals surface area contributed by atoms with Crippen molar-refractivity contribution in [3.63, 3.8) is 0 Å². The number of halogens is 2. The Bertz CT molecular complexity index is 1040. The zero-order valence-electron chi connectivity index (χ0n) is 18.5. The van der Waals surface area contributed by atoms with Gasteiger partial charge < -0.3 is 10.2 Å². The van der Waals surface area contributed by atoms with E-state index in [2.05, 4.69) is 52.0 Å². The number of hydrogen-bond donors (Lipinski definition) is 1. The molecular formula is C24H31BrClN5. The Morgan fingerprint density at radius 1 is 1.26 bits per heavy atom. The first-order valence-corrected chi connectivity index (χ1v) is 12.2. The van der Waals surface area contributed by atoms with Crippen LogP contribution in [0.5, 0.6) is 0 Å². The molecule has 0 saturated carbocycles. The molecule has 0 amide bonds. The number of anilines is 1. The van der Waals surface area contributed by atoms with Gasteiger partial charge >= 0.3 is 0 Å². The van der Waals surface area contributed by atoms with Gasteiger partial charge in [0.05, 0.1) is 16.4 Å². The van der Waals surface area contributed by atoms with E-state index in [-0.39, 0.29) is 0 Å². The Kier molecular flexibility index (Phi) is 6.89. The fraction of sp³-hybridized carbons (Fsp3) is 0.500. The summed E-state index contributed by atoms with van der Waals surface area (Å²) < 4.78 is 2.74. The van der Waals surface area contributed by atoms with Crippen molar-refractivity contribution in [1.82, 2.24) is 19.5 Å². The van der Waals surface area contributed by atoms with E-state index >= 15 is 0 Å². The summed E-state index contributed by atoms with van der Waals surface area (Å²) in [6, 6.07) is 9.87. The molecule has 1 aromatic carbocycles. The van der Waals surface area contributed by atoms with Crippen molar-refractivity contribution < 1.29 is 0 Å². The predicted molar refractivity (Wildman–Crippen MR) is 133 cm³/mol. The third-order valence-corrected chi connectivity index (χ3v) is 6.82. The van der Waals surface area contributed by atoms with Gasteiger partial charge in [-0.15, -0.1) is 0 Å². The Morgan fingerprint density at radius 3 is 2.84 bits per heavy atom. The average Bonchev–Trinajstić information content (AvgIpc) is 3.12. The first-order chi connectivity index (χ1) is 14.8. The highest BCUT2D eigenvalue weighted by Crippen LogP contribution is 2.30. The number of hydrogen-bond acceptors (Lipinski definition) is 4. The monoisotopic (exact) mass is 503 g/mol. The standard InChI is InChI=1S/C24H31BrClN5/c1-24(2,3)10-12-30-11-6-7-17(16-30)14-27-22-13-21(18-8-4-5-9-20(18)26)29-23-19(25)15-28-31(22)23/h4-5,8-9,13,15,17,27H,6-7,10-12,14,16H2,1-3H3. The molecule has 0 radical (unpaired) electrons. The Hall–Kier alpha value is -1.63. The number of benzene rings is 1. The van der Waals surface area contributed by atoms with Gasteiger partial charge in [0, 0.05) is 29.7 Å². The van der Waals surface area contributed by atoms with Crippen molar-refractivity contribution in [1.29, 1.82) is 0 Å². The molecule has 166 valence electrons. The summed E-state index contributed by atoms with van der Waals surface area (Å²) in [5.74, 6) is 1.57. The van der Waals surface area contributed by atoms with E-state index in [4.69, 9.17) is 16.6 Å². The molecule has 1 aliphatic rings. The van der Waals surface area contributed by atoms with Crippen molar-refractivity contribution in [2.24, 2.45) is 11.3 Å². The molecule has 0 spiro atoms. The van der Waals surface area contributed by atoms with Crippen LogP contribution in [0.4, 0.5) is 5.82 Å². The number of rotatable bonds is 6. The lowest BCUT2D eigenvalue weighted by atomic mass is 9.91. The maximum Gasteiger partial charge on any atom is 0.172 e. The van der Waals surface area contributed by atoms with E-state index in [1.54, 1.807) is 6.20 Å². The topological polar surface area (TPSA) is 45.5 Å². The van der Waals surface area contributed by atoms with Crippen LogP contribution in [-0.2, 0) is 0 Å². The normalized spacial score (nSPS) is 17.9. The third-order valence-electron chi connectivity index (χ3n) is 5.93. The van der Waals surface area contributed by atoms with Gasteiger partial charge in [0.25, 0.3) is 0 Å². The maximum atomic E-state index is 6.45. The molecule has 1 saturated heterocycles. The van der Waals surface area contributed by atoms with Crippen molar-refractivity contribution >= 4 is 39.0 Å². The molecule has 5 nitrogen and oxygen atoms in total. The lowest BCUT2D eigenvalue weighted by molar-refractivity contribution is 0.159. The summed E-state index contributed by atoms with van der Waals surface area (Å²) in [5, 5.41) is 8.87. The van der Waals surface area contributed by atoms with Gasteiger partial charge in [-0.2, -0.15) is 9.61 Å². The fourth-order valence-electron chi connectivity index (χ4n) is 4.13. The highest BCUT2D eigenvalue weighted by atomic mass is 79.9. The van der Waals surface area contributed by atoms with Crippen LogP contribution in [0.3, 0.4) is 0 Å². The van der Waals surface area contributed by atoms with E-state index < -0.39 is 0 Å². The van der Waals surface area contributed by atoms with Crippen LogP contribution >= 0.6 is 27.5 Å². The van der Waals surface area contributed by atoms with Gasteiger partial charge in [-0.25, -0.2) is 4.98 Å². The molecule has 31 heavy (non-hydrogen) atoms. The summed E-state index contributed by atoms with van der Waals surface area (Å²) in [6.45, 7) is 11.4. The van der Waals surface area contributed by atoms with E-state index in [1.807, 2.05) is 34.8 Å². The second-order valence-corrected chi connectivity index (χ2v) is 11.0. The molecule has 1 fully saturated rings. The number of aromatic nitrogens is 3. The van der Waals surface area contributed by atoms with E-state index in [0.29, 0.717) is 16.4 Å².